The Balaban J connectivity index is 1.95. The van der Waals surface area contributed by atoms with Gasteiger partial charge in [-0.1, -0.05) is 0 Å². The minimum atomic E-state index is -1.37. The fraction of sp³-hybridized carbons (Fsp3) is 0.167. The standard InChI is InChI=1S/C18H18N2O6/c1-18(2,16(23)24)26-14-9-7-13(8-10-14)20-17(25)19-12-5-3-11(4-6-12)15(21)22/h3-10H,1-2H3,(H,21,22)(H,23,24)(H2,19,20,25). The van der Waals surface area contributed by atoms with Gasteiger partial charge in [0, 0.05) is 11.4 Å². The number of hydrogen-bond donors (Lipinski definition) is 4. The van der Waals surface area contributed by atoms with Crippen molar-refractivity contribution in [3.63, 3.8) is 0 Å². The first-order valence-electron chi connectivity index (χ1n) is 7.61. The summed E-state index contributed by atoms with van der Waals surface area (Å²) in [4.78, 5) is 33.8. The number of carboxylic acids is 2. The summed E-state index contributed by atoms with van der Waals surface area (Å²) in [6.45, 7) is 2.87. The summed E-state index contributed by atoms with van der Waals surface area (Å²) in [5, 5.41) is 23.0. The van der Waals surface area contributed by atoms with Gasteiger partial charge in [0.15, 0.2) is 5.60 Å². The monoisotopic (exact) mass is 358 g/mol. The van der Waals surface area contributed by atoms with Gasteiger partial charge in [-0.25, -0.2) is 14.4 Å². The molecule has 0 aliphatic heterocycles. The van der Waals surface area contributed by atoms with Crippen molar-refractivity contribution in [1.82, 2.24) is 0 Å². The summed E-state index contributed by atoms with van der Waals surface area (Å²) >= 11 is 0. The number of carbonyl (C=O) groups is 3. The smallest absolute Gasteiger partial charge is 0.347 e. The maximum absolute atomic E-state index is 12.0. The van der Waals surface area contributed by atoms with Crippen LogP contribution in [0.3, 0.4) is 0 Å². The van der Waals surface area contributed by atoms with Gasteiger partial charge >= 0.3 is 18.0 Å². The molecule has 0 aromatic heterocycles. The SMILES string of the molecule is CC(C)(Oc1ccc(NC(=O)Nc2ccc(C(=O)O)cc2)cc1)C(=O)O. The van der Waals surface area contributed by atoms with Gasteiger partial charge < -0.3 is 25.6 Å². The van der Waals surface area contributed by atoms with Gasteiger partial charge in [-0.15, -0.1) is 0 Å². The highest BCUT2D eigenvalue weighted by atomic mass is 16.5. The number of aromatic carboxylic acids is 1. The van der Waals surface area contributed by atoms with E-state index < -0.39 is 23.6 Å². The molecule has 0 spiro atoms. The molecule has 0 atom stereocenters. The Bertz CT molecular complexity index is 813. The van der Waals surface area contributed by atoms with Gasteiger partial charge in [-0.3, -0.25) is 0 Å². The number of urea groups is 1. The number of ether oxygens (including phenoxy) is 1. The Morgan fingerprint density at radius 1 is 0.846 bits per heavy atom. The fourth-order valence-electron chi connectivity index (χ4n) is 1.93. The summed E-state index contributed by atoms with van der Waals surface area (Å²) in [5.74, 6) is -1.78. The molecule has 8 nitrogen and oxygen atoms in total. The number of amides is 2. The Hall–Kier alpha value is -3.55. The maximum atomic E-state index is 12.0. The minimum Gasteiger partial charge on any atom is -0.478 e. The second kappa shape index (κ2) is 7.56. The summed E-state index contributed by atoms with van der Waals surface area (Å²) < 4.78 is 5.37. The molecule has 0 unspecified atom stereocenters. The van der Waals surface area contributed by atoms with E-state index in [-0.39, 0.29) is 5.56 Å². The van der Waals surface area contributed by atoms with Crippen LogP contribution in [-0.4, -0.2) is 33.8 Å². The van der Waals surface area contributed by atoms with Crippen LogP contribution in [0.25, 0.3) is 0 Å². The van der Waals surface area contributed by atoms with Gasteiger partial charge in [0.25, 0.3) is 0 Å². The van der Waals surface area contributed by atoms with Crippen LogP contribution >= 0.6 is 0 Å². The van der Waals surface area contributed by atoms with Gasteiger partial charge in [0.1, 0.15) is 5.75 Å². The number of hydrogen-bond acceptors (Lipinski definition) is 4. The predicted molar refractivity (Wildman–Crippen MR) is 94.8 cm³/mol. The van der Waals surface area contributed by atoms with Crippen LogP contribution in [0, 0.1) is 0 Å². The van der Waals surface area contributed by atoms with E-state index in [1.165, 1.54) is 38.1 Å². The number of anilines is 2. The lowest BCUT2D eigenvalue weighted by atomic mass is 10.1. The van der Waals surface area contributed by atoms with Gasteiger partial charge in [-0.2, -0.15) is 0 Å². The Kier molecular flexibility index (Phi) is 5.46. The molecule has 2 amide bonds. The summed E-state index contributed by atoms with van der Waals surface area (Å²) in [6.07, 6.45) is 0. The van der Waals surface area contributed by atoms with Gasteiger partial charge in [0.05, 0.1) is 5.56 Å². The van der Waals surface area contributed by atoms with E-state index in [9.17, 15) is 14.4 Å². The molecule has 0 saturated heterocycles. The second-order valence-corrected chi connectivity index (χ2v) is 5.90. The molecule has 0 heterocycles. The Morgan fingerprint density at radius 3 is 1.73 bits per heavy atom. The molecule has 0 bridgehead atoms. The summed E-state index contributed by atoms with van der Waals surface area (Å²) in [7, 11) is 0. The quantitative estimate of drug-likeness (QED) is 0.628. The van der Waals surface area contributed by atoms with Crippen molar-refractivity contribution in [2.75, 3.05) is 10.6 Å². The van der Waals surface area contributed by atoms with Crippen LogP contribution in [0.2, 0.25) is 0 Å². The molecular formula is C18H18N2O6. The van der Waals surface area contributed by atoms with Crippen LogP contribution < -0.4 is 15.4 Å². The lowest BCUT2D eigenvalue weighted by molar-refractivity contribution is -0.152. The fourth-order valence-corrected chi connectivity index (χ4v) is 1.93. The molecule has 26 heavy (non-hydrogen) atoms. The number of benzene rings is 2. The molecular weight excluding hydrogens is 340 g/mol. The third kappa shape index (κ3) is 4.97. The van der Waals surface area contributed by atoms with Crippen molar-refractivity contribution >= 4 is 29.3 Å². The molecule has 0 saturated carbocycles. The van der Waals surface area contributed by atoms with Crippen molar-refractivity contribution in [3.8, 4) is 5.75 Å². The number of nitrogens with one attached hydrogen (secondary N) is 2. The predicted octanol–water partition coefficient (Wildman–Crippen LogP) is 3.27. The summed E-state index contributed by atoms with van der Waals surface area (Å²) in [6, 6.07) is 11.4. The van der Waals surface area contributed by atoms with E-state index in [1.54, 1.807) is 24.3 Å². The maximum Gasteiger partial charge on any atom is 0.347 e. The molecule has 8 heteroatoms. The number of carbonyl (C=O) groups excluding carboxylic acids is 1. The molecule has 2 aromatic rings. The average Bonchev–Trinajstić information content (AvgIpc) is 2.56. The van der Waals surface area contributed by atoms with Crippen molar-refractivity contribution in [2.45, 2.75) is 19.4 Å². The number of rotatable bonds is 6. The Morgan fingerprint density at radius 2 is 1.31 bits per heavy atom. The van der Waals surface area contributed by atoms with Crippen LogP contribution in [0.1, 0.15) is 24.2 Å². The third-order valence-corrected chi connectivity index (χ3v) is 3.39. The highest BCUT2D eigenvalue weighted by Gasteiger charge is 2.29. The molecule has 136 valence electrons. The number of carboxylic acid groups (broad SMARTS) is 2. The zero-order valence-electron chi connectivity index (χ0n) is 14.1. The van der Waals surface area contributed by atoms with Gasteiger partial charge in [-0.05, 0) is 62.4 Å². The molecule has 0 aliphatic rings. The van der Waals surface area contributed by atoms with E-state index in [0.717, 1.165) is 0 Å². The molecule has 2 rings (SSSR count). The van der Waals surface area contributed by atoms with Crippen molar-refractivity contribution in [3.05, 3.63) is 54.1 Å². The minimum absolute atomic E-state index is 0.121. The zero-order valence-corrected chi connectivity index (χ0v) is 14.1. The largest absolute Gasteiger partial charge is 0.478 e. The molecule has 4 N–H and O–H groups in total. The van der Waals surface area contributed by atoms with Crippen LogP contribution in [0.5, 0.6) is 5.75 Å². The topological polar surface area (TPSA) is 125 Å². The first kappa shape index (κ1) is 18.8. The first-order chi connectivity index (χ1) is 12.2. The van der Waals surface area contributed by atoms with Gasteiger partial charge in [0.2, 0.25) is 0 Å². The normalized spacial score (nSPS) is 10.7. The zero-order chi connectivity index (χ0) is 19.3. The van der Waals surface area contributed by atoms with E-state index in [0.29, 0.717) is 17.1 Å². The summed E-state index contributed by atoms with van der Waals surface area (Å²) in [5.41, 5.74) is -0.328. The van der Waals surface area contributed by atoms with Crippen molar-refractivity contribution in [2.24, 2.45) is 0 Å². The molecule has 2 aromatic carbocycles. The van der Waals surface area contributed by atoms with E-state index in [4.69, 9.17) is 14.9 Å². The highest BCUT2D eigenvalue weighted by Crippen LogP contribution is 2.21. The van der Waals surface area contributed by atoms with E-state index in [1.807, 2.05) is 0 Å². The average molecular weight is 358 g/mol. The van der Waals surface area contributed by atoms with Crippen LogP contribution in [0.15, 0.2) is 48.5 Å². The molecule has 0 aliphatic carbocycles. The highest BCUT2D eigenvalue weighted by molar-refractivity contribution is 6.00. The lowest BCUT2D eigenvalue weighted by Gasteiger charge is -2.21. The van der Waals surface area contributed by atoms with Crippen molar-refractivity contribution in [1.29, 1.82) is 0 Å². The van der Waals surface area contributed by atoms with Crippen LogP contribution in [0.4, 0.5) is 16.2 Å². The second-order valence-electron chi connectivity index (χ2n) is 5.90. The van der Waals surface area contributed by atoms with E-state index >= 15 is 0 Å². The Labute approximate surface area is 149 Å². The molecule has 0 fully saturated rings. The third-order valence-electron chi connectivity index (χ3n) is 3.39. The van der Waals surface area contributed by atoms with Crippen LogP contribution in [-0.2, 0) is 4.79 Å². The lowest BCUT2D eigenvalue weighted by Crippen LogP contribution is -2.37. The van der Waals surface area contributed by atoms with E-state index in [2.05, 4.69) is 10.6 Å². The molecule has 0 radical (unpaired) electrons. The number of aliphatic carboxylic acids is 1. The van der Waals surface area contributed by atoms with Crippen molar-refractivity contribution < 1.29 is 29.3 Å². The first-order valence-corrected chi connectivity index (χ1v) is 7.61.